The molecule has 18 heavy (non-hydrogen) atoms. The molecule has 0 aromatic heterocycles. The monoisotopic (exact) mass is 255 g/mol. The third-order valence-electron chi connectivity index (χ3n) is 3.33. The summed E-state index contributed by atoms with van der Waals surface area (Å²) in [7, 11) is 1.79. The van der Waals surface area contributed by atoms with Crippen molar-refractivity contribution in [2.24, 2.45) is 5.92 Å². The maximum atomic E-state index is 13.3. The molecular formula is C14H19F2NO. The van der Waals surface area contributed by atoms with Gasteiger partial charge in [0.15, 0.2) is 0 Å². The molecule has 100 valence electrons. The number of halogens is 2. The first-order valence-corrected chi connectivity index (χ1v) is 6.40. The van der Waals surface area contributed by atoms with E-state index in [9.17, 15) is 8.78 Å². The van der Waals surface area contributed by atoms with Crippen LogP contribution >= 0.6 is 0 Å². The van der Waals surface area contributed by atoms with Crippen LogP contribution in [0.15, 0.2) is 18.2 Å². The Balaban J connectivity index is 2.24. The summed E-state index contributed by atoms with van der Waals surface area (Å²) >= 11 is 0. The highest BCUT2D eigenvalue weighted by Crippen LogP contribution is 2.40. The Hall–Kier alpha value is -1.00. The van der Waals surface area contributed by atoms with Crippen LogP contribution in [0.3, 0.4) is 0 Å². The number of rotatable bonds is 6. The van der Waals surface area contributed by atoms with Gasteiger partial charge in [-0.15, -0.1) is 0 Å². The van der Waals surface area contributed by atoms with Gasteiger partial charge in [0, 0.05) is 12.7 Å². The Labute approximate surface area is 106 Å². The van der Waals surface area contributed by atoms with Crippen LogP contribution in [0.1, 0.15) is 31.4 Å². The molecule has 2 atom stereocenters. The van der Waals surface area contributed by atoms with Gasteiger partial charge in [0.2, 0.25) is 0 Å². The maximum absolute atomic E-state index is 13.3. The van der Waals surface area contributed by atoms with E-state index in [2.05, 4.69) is 5.32 Å². The molecule has 4 heteroatoms. The lowest BCUT2D eigenvalue weighted by molar-refractivity contribution is 0.0203. The van der Waals surface area contributed by atoms with Crippen molar-refractivity contribution in [3.8, 4) is 0 Å². The molecule has 0 heterocycles. The lowest BCUT2D eigenvalue weighted by Gasteiger charge is -2.27. The van der Waals surface area contributed by atoms with Gasteiger partial charge in [0.05, 0.1) is 12.1 Å². The van der Waals surface area contributed by atoms with E-state index >= 15 is 0 Å². The highest BCUT2D eigenvalue weighted by atomic mass is 19.1. The predicted molar refractivity (Wildman–Crippen MR) is 66.3 cm³/mol. The van der Waals surface area contributed by atoms with Gasteiger partial charge in [-0.2, -0.15) is 0 Å². The average Bonchev–Trinajstić information content (AvgIpc) is 3.11. The summed E-state index contributed by atoms with van der Waals surface area (Å²) in [6.45, 7) is 2.55. The first kappa shape index (κ1) is 13.4. The van der Waals surface area contributed by atoms with Crippen LogP contribution in [0.2, 0.25) is 0 Å². The SMILES string of the molecule is CCOC(C1CC1)C(NC)c1cc(F)cc(F)c1. The van der Waals surface area contributed by atoms with E-state index in [1.165, 1.54) is 12.1 Å². The largest absolute Gasteiger partial charge is 0.376 e. The van der Waals surface area contributed by atoms with Crippen molar-refractivity contribution in [3.63, 3.8) is 0 Å². The van der Waals surface area contributed by atoms with Crippen molar-refractivity contribution in [1.29, 1.82) is 0 Å². The Morgan fingerprint density at radius 3 is 2.33 bits per heavy atom. The minimum atomic E-state index is -0.545. The zero-order chi connectivity index (χ0) is 13.1. The van der Waals surface area contributed by atoms with Crippen LogP contribution in [0.25, 0.3) is 0 Å². The van der Waals surface area contributed by atoms with Crippen LogP contribution in [-0.4, -0.2) is 19.8 Å². The van der Waals surface area contributed by atoms with Crippen molar-refractivity contribution < 1.29 is 13.5 Å². The third kappa shape index (κ3) is 3.06. The summed E-state index contributed by atoms with van der Waals surface area (Å²) in [5.74, 6) is -0.596. The summed E-state index contributed by atoms with van der Waals surface area (Å²) in [4.78, 5) is 0. The normalized spacial score (nSPS) is 18.7. The highest BCUT2D eigenvalue weighted by Gasteiger charge is 2.37. The van der Waals surface area contributed by atoms with Crippen molar-refractivity contribution in [1.82, 2.24) is 5.32 Å². The van der Waals surface area contributed by atoms with Gasteiger partial charge in [0.25, 0.3) is 0 Å². The van der Waals surface area contributed by atoms with Crippen LogP contribution in [0, 0.1) is 17.6 Å². The molecule has 0 radical (unpaired) electrons. The number of hydrogen-bond acceptors (Lipinski definition) is 2. The lowest BCUT2D eigenvalue weighted by atomic mass is 9.98. The van der Waals surface area contributed by atoms with Crippen LogP contribution in [-0.2, 0) is 4.74 Å². The van der Waals surface area contributed by atoms with Crippen molar-refractivity contribution in [3.05, 3.63) is 35.4 Å². The summed E-state index contributed by atoms with van der Waals surface area (Å²) in [6, 6.07) is 3.47. The van der Waals surface area contributed by atoms with Gasteiger partial charge in [0.1, 0.15) is 11.6 Å². The van der Waals surface area contributed by atoms with E-state index in [4.69, 9.17) is 4.74 Å². The van der Waals surface area contributed by atoms with Gasteiger partial charge in [-0.1, -0.05) is 0 Å². The van der Waals surface area contributed by atoms with Crippen LogP contribution in [0.5, 0.6) is 0 Å². The number of nitrogens with one attached hydrogen (secondary N) is 1. The molecule has 0 aliphatic heterocycles. The zero-order valence-electron chi connectivity index (χ0n) is 10.7. The van der Waals surface area contributed by atoms with Crippen molar-refractivity contribution in [2.45, 2.75) is 31.9 Å². The molecule has 1 aromatic rings. The molecule has 1 aliphatic carbocycles. The lowest BCUT2D eigenvalue weighted by Crippen LogP contribution is -2.33. The maximum Gasteiger partial charge on any atom is 0.126 e. The fraction of sp³-hybridized carbons (Fsp3) is 0.571. The highest BCUT2D eigenvalue weighted by molar-refractivity contribution is 5.23. The summed E-state index contributed by atoms with van der Waals surface area (Å²) in [6.07, 6.45) is 2.24. The standard InChI is InChI=1S/C14H19F2NO/c1-3-18-14(9-4-5-9)13(17-2)10-6-11(15)8-12(16)7-10/h6-9,13-14,17H,3-5H2,1-2H3. The van der Waals surface area contributed by atoms with Crippen LogP contribution < -0.4 is 5.32 Å². The molecule has 2 nitrogen and oxygen atoms in total. The molecule has 1 fully saturated rings. The number of benzene rings is 1. The number of likely N-dealkylation sites (N-methyl/N-ethyl adjacent to an activating group) is 1. The van der Waals surface area contributed by atoms with Crippen molar-refractivity contribution in [2.75, 3.05) is 13.7 Å². The predicted octanol–water partition coefficient (Wildman–Crippen LogP) is 3.04. The van der Waals surface area contributed by atoms with E-state index < -0.39 is 11.6 Å². The molecule has 2 unspecified atom stereocenters. The van der Waals surface area contributed by atoms with Gasteiger partial charge in [-0.05, 0) is 50.4 Å². The molecule has 1 saturated carbocycles. The Morgan fingerprint density at radius 2 is 1.89 bits per heavy atom. The van der Waals surface area contributed by atoms with Gasteiger partial charge in [-0.25, -0.2) is 8.78 Å². The fourth-order valence-corrected chi connectivity index (χ4v) is 2.40. The second-order valence-corrected chi connectivity index (χ2v) is 4.73. The topological polar surface area (TPSA) is 21.3 Å². The zero-order valence-corrected chi connectivity index (χ0v) is 10.7. The molecule has 1 aromatic carbocycles. The van der Waals surface area contributed by atoms with E-state index in [1.807, 2.05) is 6.92 Å². The van der Waals surface area contributed by atoms with E-state index in [-0.39, 0.29) is 12.1 Å². The first-order chi connectivity index (χ1) is 8.65. The van der Waals surface area contributed by atoms with Gasteiger partial charge >= 0.3 is 0 Å². The Bertz CT molecular complexity index is 387. The average molecular weight is 255 g/mol. The second-order valence-electron chi connectivity index (χ2n) is 4.73. The summed E-state index contributed by atoms with van der Waals surface area (Å²) in [5.41, 5.74) is 0.611. The second kappa shape index (κ2) is 5.76. The van der Waals surface area contributed by atoms with E-state index in [0.29, 0.717) is 18.1 Å². The first-order valence-electron chi connectivity index (χ1n) is 6.40. The Morgan fingerprint density at radius 1 is 1.28 bits per heavy atom. The summed E-state index contributed by atoms with van der Waals surface area (Å²) < 4.78 is 32.3. The summed E-state index contributed by atoms with van der Waals surface area (Å²) in [5, 5.41) is 3.12. The minimum absolute atomic E-state index is 0.0128. The molecular weight excluding hydrogens is 236 g/mol. The number of ether oxygens (including phenoxy) is 1. The smallest absolute Gasteiger partial charge is 0.126 e. The molecule has 0 bridgehead atoms. The Kier molecular flexibility index (Phi) is 4.30. The van der Waals surface area contributed by atoms with Crippen molar-refractivity contribution >= 4 is 0 Å². The van der Waals surface area contributed by atoms with E-state index in [0.717, 1.165) is 18.9 Å². The quantitative estimate of drug-likeness (QED) is 0.843. The molecule has 2 rings (SSSR count). The molecule has 0 amide bonds. The van der Waals surface area contributed by atoms with Gasteiger partial charge < -0.3 is 10.1 Å². The molecule has 1 aliphatic rings. The molecule has 0 spiro atoms. The third-order valence-corrected chi connectivity index (χ3v) is 3.33. The molecule has 0 saturated heterocycles. The number of hydrogen-bond donors (Lipinski definition) is 1. The molecule has 1 N–H and O–H groups in total. The van der Waals surface area contributed by atoms with Crippen LogP contribution in [0.4, 0.5) is 8.78 Å². The fourth-order valence-electron chi connectivity index (χ4n) is 2.40. The van der Waals surface area contributed by atoms with E-state index in [1.54, 1.807) is 7.05 Å². The van der Waals surface area contributed by atoms with Gasteiger partial charge in [-0.3, -0.25) is 0 Å². The minimum Gasteiger partial charge on any atom is -0.376 e.